The molecule has 1 heterocycles. The van der Waals surface area contributed by atoms with Gasteiger partial charge in [0.1, 0.15) is 0 Å². The number of carboxylic acids is 1. The SMILES string of the molecule is N[C@@H](C[C@@H]1CCNC1=O)C(=O)COC(=O)c1c(Cl)cccc1Cl.O=C(O)C(F)(F)F. The highest BCUT2D eigenvalue weighted by Gasteiger charge is 2.38. The summed E-state index contributed by atoms with van der Waals surface area (Å²) in [7, 11) is 0. The zero-order valence-corrected chi connectivity index (χ0v) is 16.7. The van der Waals surface area contributed by atoms with E-state index in [9.17, 15) is 27.6 Å². The fraction of sp³-hybridized carbons (Fsp3) is 0.412. The van der Waals surface area contributed by atoms with Gasteiger partial charge in [-0.05, 0) is 25.0 Å². The molecular weight excluding hydrogens is 456 g/mol. The number of esters is 1. The maximum atomic E-state index is 12.0. The van der Waals surface area contributed by atoms with Crippen LogP contribution in [-0.4, -0.2) is 54.1 Å². The van der Waals surface area contributed by atoms with E-state index in [1.165, 1.54) is 12.1 Å². The van der Waals surface area contributed by atoms with Crippen molar-refractivity contribution in [1.82, 2.24) is 5.32 Å². The molecule has 13 heteroatoms. The van der Waals surface area contributed by atoms with E-state index in [0.29, 0.717) is 13.0 Å². The van der Waals surface area contributed by atoms with E-state index in [4.69, 9.17) is 43.6 Å². The Bertz CT molecular complexity index is 799. The third-order valence-electron chi connectivity index (χ3n) is 3.87. The van der Waals surface area contributed by atoms with Crippen LogP contribution < -0.4 is 11.1 Å². The number of benzene rings is 1. The van der Waals surface area contributed by atoms with Gasteiger partial charge in [-0.25, -0.2) is 9.59 Å². The lowest BCUT2D eigenvalue weighted by Crippen LogP contribution is -2.37. The van der Waals surface area contributed by atoms with E-state index in [2.05, 4.69) is 5.32 Å². The predicted molar refractivity (Wildman–Crippen MR) is 99.2 cm³/mol. The van der Waals surface area contributed by atoms with Crippen LogP contribution in [0.2, 0.25) is 10.0 Å². The van der Waals surface area contributed by atoms with Gasteiger partial charge in [-0.3, -0.25) is 9.59 Å². The minimum Gasteiger partial charge on any atom is -0.475 e. The molecule has 1 aromatic rings. The van der Waals surface area contributed by atoms with E-state index < -0.39 is 36.5 Å². The highest BCUT2D eigenvalue weighted by molar-refractivity contribution is 6.39. The average molecular weight is 473 g/mol. The van der Waals surface area contributed by atoms with Crippen molar-refractivity contribution in [2.45, 2.75) is 25.1 Å². The topological polar surface area (TPSA) is 136 Å². The van der Waals surface area contributed by atoms with Gasteiger partial charge in [-0.1, -0.05) is 29.3 Å². The summed E-state index contributed by atoms with van der Waals surface area (Å²) in [5, 5.41) is 10.1. The molecule has 1 aromatic carbocycles. The van der Waals surface area contributed by atoms with E-state index in [1.54, 1.807) is 6.07 Å². The van der Waals surface area contributed by atoms with Crippen molar-refractivity contribution in [1.29, 1.82) is 0 Å². The Balaban J connectivity index is 0.000000553. The number of alkyl halides is 3. The largest absolute Gasteiger partial charge is 0.490 e. The Kier molecular flexibility index (Phi) is 9.53. The molecule has 30 heavy (non-hydrogen) atoms. The molecule has 0 aliphatic carbocycles. The number of ether oxygens (including phenoxy) is 1. The molecule has 0 saturated carbocycles. The van der Waals surface area contributed by atoms with E-state index in [1.807, 2.05) is 0 Å². The standard InChI is InChI=1S/C15H16Cl2N2O4.C2HF3O2/c16-9-2-1-3-10(17)13(9)15(22)23-7-12(20)11(18)6-8-4-5-19-14(8)21;3-2(4,5)1(6)7/h1-3,8,11H,4-7,18H2,(H,19,21);(H,6,7)/t8-,11-;/m0./s1. The van der Waals surface area contributed by atoms with Crippen LogP contribution in [0.3, 0.4) is 0 Å². The first kappa shape index (κ1) is 25.7. The van der Waals surface area contributed by atoms with Gasteiger partial charge >= 0.3 is 18.1 Å². The second-order valence-electron chi connectivity index (χ2n) is 6.06. The Morgan fingerprint density at radius 2 is 1.80 bits per heavy atom. The molecule has 1 saturated heterocycles. The van der Waals surface area contributed by atoms with Gasteiger partial charge < -0.3 is 20.9 Å². The molecule has 4 N–H and O–H groups in total. The summed E-state index contributed by atoms with van der Waals surface area (Å²) in [6.07, 6.45) is -4.20. The number of Topliss-reactive ketones (excluding diaryl/α,β-unsaturated/α-hetero) is 1. The molecule has 0 aromatic heterocycles. The number of carbonyl (C=O) groups excluding carboxylic acids is 3. The van der Waals surface area contributed by atoms with Crippen molar-refractivity contribution in [3.8, 4) is 0 Å². The van der Waals surface area contributed by atoms with Crippen molar-refractivity contribution < 1.29 is 42.2 Å². The first-order chi connectivity index (χ1) is 13.8. The summed E-state index contributed by atoms with van der Waals surface area (Å²) < 4.78 is 36.7. The van der Waals surface area contributed by atoms with Crippen LogP contribution >= 0.6 is 23.2 Å². The molecule has 166 valence electrons. The molecule has 8 nitrogen and oxygen atoms in total. The maximum Gasteiger partial charge on any atom is 0.490 e. The lowest BCUT2D eigenvalue weighted by atomic mass is 9.97. The third kappa shape index (κ3) is 7.81. The number of hydrogen-bond acceptors (Lipinski definition) is 6. The summed E-state index contributed by atoms with van der Waals surface area (Å²) in [4.78, 5) is 44.3. The monoisotopic (exact) mass is 472 g/mol. The number of hydrogen-bond donors (Lipinski definition) is 3. The summed E-state index contributed by atoms with van der Waals surface area (Å²) >= 11 is 11.8. The molecular formula is C17H17Cl2F3N2O6. The van der Waals surface area contributed by atoms with Crippen LogP contribution in [-0.2, 0) is 19.1 Å². The highest BCUT2D eigenvalue weighted by atomic mass is 35.5. The predicted octanol–water partition coefficient (Wildman–Crippen LogP) is 2.21. The number of nitrogens with one attached hydrogen (secondary N) is 1. The molecule has 1 amide bonds. The molecule has 0 radical (unpaired) electrons. The molecule has 0 spiro atoms. The van der Waals surface area contributed by atoms with Gasteiger partial charge in [0.05, 0.1) is 21.7 Å². The molecule has 0 unspecified atom stereocenters. The molecule has 0 bridgehead atoms. The minimum absolute atomic E-state index is 0.00683. The van der Waals surface area contributed by atoms with Crippen molar-refractivity contribution in [2.75, 3.05) is 13.2 Å². The fourth-order valence-electron chi connectivity index (χ4n) is 2.32. The molecule has 1 fully saturated rings. The number of rotatable bonds is 6. The minimum atomic E-state index is -5.08. The summed E-state index contributed by atoms with van der Waals surface area (Å²) in [6.45, 7) is 0.0975. The summed E-state index contributed by atoms with van der Waals surface area (Å²) in [6, 6.07) is 3.72. The van der Waals surface area contributed by atoms with E-state index >= 15 is 0 Å². The molecule has 2 atom stereocenters. The Morgan fingerprint density at radius 1 is 1.27 bits per heavy atom. The molecule has 1 aliphatic rings. The zero-order valence-electron chi connectivity index (χ0n) is 15.2. The number of amides is 1. The van der Waals surface area contributed by atoms with Gasteiger partial charge in [0.15, 0.2) is 12.4 Å². The van der Waals surface area contributed by atoms with Gasteiger partial charge in [-0.2, -0.15) is 13.2 Å². The van der Waals surface area contributed by atoms with Crippen LogP contribution in [0.4, 0.5) is 13.2 Å². The number of carboxylic acid groups (broad SMARTS) is 1. The summed E-state index contributed by atoms with van der Waals surface area (Å²) in [5.41, 5.74) is 5.78. The second kappa shape index (κ2) is 11.1. The van der Waals surface area contributed by atoms with E-state index in [-0.39, 0.29) is 33.9 Å². The van der Waals surface area contributed by atoms with E-state index in [0.717, 1.165) is 0 Å². The van der Waals surface area contributed by atoms with Crippen LogP contribution in [0.25, 0.3) is 0 Å². The molecule has 1 aliphatic heterocycles. The Morgan fingerprint density at radius 3 is 2.23 bits per heavy atom. The van der Waals surface area contributed by atoms with Crippen LogP contribution in [0.5, 0.6) is 0 Å². The quantitative estimate of drug-likeness (QED) is 0.539. The number of carbonyl (C=O) groups is 4. The van der Waals surface area contributed by atoms with Gasteiger partial charge in [0.25, 0.3) is 0 Å². The Labute approximate surface area is 178 Å². The first-order valence-corrected chi connectivity index (χ1v) is 9.07. The van der Waals surface area contributed by atoms with Gasteiger partial charge in [0.2, 0.25) is 5.91 Å². The maximum absolute atomic E-state index is 12.0. The van der Waals surface area contributed by atoms with Gasteiger partial charge in [0, 0.05) is 12.5 Å². The number of ketones is 1. The van der Waals surface area contributed by atoms with Crippen LogP contribution in [0.1, 0.15) is 23.2 Å². The number of aliphatic carboxylic acids is 1. The average Bonchev–Trinajstić information content (AvgIpc) is 3.03. The Hall–Kier alpha value is -2.37. The lowest BCUT2D eigenvalue weighted by molar-refractivity contribution is -0.192. The van der Waals surface area contributed by atoms with Crippen molar-refractivity contribution >= 4 is 46.8 Å². The fourth-order valence-corrected chi connectivity index (χ4v) is 2.87. The summed E-state index contributed by atoms with van der Waals surface area (Å²) in [5.74, 6) is -4.38. The highest BCUT2D eigenvalue weighted by Crippen LogP contribution is 2.25. The van der Waals surface area contributed by atoms with Gasteiger partial charge in [-0.15, -0.1) is 0 Å². The normalized spacial score (nSPS) is 16.7. The third-order valence-corrected chi connectivity index (χ3v) is 4.50. The lowest BCUT2D eigenvalue weighted by Gasteiger charge is -2.14. The van der Waals surface area contributed by atoms with Crippen LogP contribution in [0, 0.1) is 5.92 Å². The van der Waals surface area contributed by atoms with Crippen molar-refractivity contribution in [3.63, 3.8) is 0 Å². The first-order valence-electron chi connectivity index (χ1n) is 8.31. The zero-order chi connectivity index (χ0) is 23.1. The van der Waals surface area contributed by atoms with Crippen molar-refractivity contribution in [3.05, 3.63) is 33.8 Å². The smallest absolute Gasteiger partial charge is 0.475 e. The second-order valence-corrected chi connectivity index (χ2v) is 6.88. The number of halogens is 5. The van der Waals surface area contributed by atoms with Crippen LogP contribution in [0.15, 0.2) is 18.2 Å². The number of nitrogens with two attached hydrogens (primary N) is 1. The molecule has 2 rings (SSSR count). The van der Waals surface area contributed by atoms with Crippen molar-refractivity contribution in [2.24, 2.45) is 11.7 Å².